The third-order valence-electron chi connectivity index (χ3n) is 4.93. The van der Waals surface area contributed by atoms with Gasteiger partial charge in [0.25, 0.3) is 0 Å². The predicted octanol–water partition coefficient (Wildman–Crippen LogP) is 5.38. The minimum Gasteiger partial charge on any atom is -0.305 e. The lowest BCUT2D eigenvalue weighted by atomic mass is 10.0. The monoisotopic (exact) mass is 361 g/mol. The van der Waals surface area contributed by atoms with Gasteiger partial charge in [-0.1, -0.05) is 48.0 Å². The van der Waals surface area contributed by atoms with Crippen molar-refractivity contribution in [2.75, 3.05) is 18.1 Å². The lowest BCUT2D eigenvalue weighted by Crippen LogP contribution is -2.47. The zero-order valence-electron chi connectivity index (χ0n) is 14.5. The molecule has 0 radical (unpaired) electrons. The Morgan fingerprint density at radius 1 is 0.923 bits per heavy atom. The Balaban J connectivity index is 1.73. The number of hydrogen-bond acceptors (Lipinski definition) is 3. The standard InChI is InChI=1S/C22H20ClN3/c23-19-7-5-6-17(14-19)16-25-12-3-4-13-26(25)22-11-10-18(15-24)20-8-1-2-9-21(20)22/h1-2,5-11,14H,3-4,12-13,16H2. The van der Waals surface area contributed by atoms with Crippen LogP contribution in [-0.4, -0.2) is 18.1 Å². The Bertz CT molecular complexity index is 977. The fourth-order valence-electron chi connectivity index (χ4n) is 3.71. The molecule has 1 fully saturated rings. The smallest absolute Gasteiger partial charge is 0.0998 e. The van der Waals surface area contributed by atoms with Gasteiger partial charge in [-0.2, -0.15) is 5.26 Å². The Morgan fingerprint density at radius 2 is 1.73 bits per heavy atom. The van der Waals surface area contributed by atoms with E-state index in [1.54, 1.807) is 0 Å². The second kappa shape index (κ2) is 7.37. The van der Waals surface area contributed by atoms with Crippen LogP contribution in [0, 0.1) is 11.3 Å². The molecule has 3 aromatic rings. The van der Waals surface area contributed by atoms with Crippen molar-refractivity contribution in [1.82, 2.24) is 5.01 Å². The molecule has 130 valence electrons. The molecule has 0 N–H and O–H groups in total. The number of anilines is 1. The SMILES string of the molecule is N#Cc1ccc(N2CCCCN2Cc2cccc(Cl)c2)c2ccccc12. The van der Waals surface area contributed by atoms with E-state index >= 15 is 0 Å². The van der Waals surface area contributed by atoms with Gasteiger partial charge in [0.15, 0.2) is 0 Å². The average molecular weight is 362 g/mol. The lowest BCUT2D eigenvalue weighted by Gasteiger charge is -2.41. The molecule has 0 atom stereocenters. The van der Waals surface area contributed by atoms with Crippen LogP contribution >= 0.6 is 11.6 Å². The molecule has 0 spiro atoms. The van der Waals surface area contributed by atoms with Crippen molar-refractivity contribution in [2.45, 2.75) is 19.4 Å². The average Bonchev–Trinajstić information content (AvgIpc) is 2.68. The van der Waals surface area contributed by atoms with Gasteiger partial charge in [-0.3, -0.25) is 0 Å². The summed E-state index contributed by atoms with van der Waals surface area (Å²) in [5.74, 6) is 0. The van der Waals surface area contributed by atoms with E-state index in [1.165, 1.54) is 24.1 Å². The topological polar surface area (TPSA) is 30.3 Å². The number of nitriles is 1. The van der Waals surface area contributed by atoms with Crippen LogP contribution in [0.1, 0.15) is 24.0 Å². The quantitative estimate of drug-likeness (QED) is 0.627. The summed E-state index contributed by atoms with van der Waals surface area (Å²) < 4.78 is 0. The maximum Gasteiger partial charge on any atom is 0.0998 e. The molecule has 3 aromatic carbocycles. The third kappa shape index (κ3) is 3.26. The van der Waals surface area contributed by atoms with Crippen LogP contribution in [0.4, 0.5) is 5.69 Å². The first-order valence-corrected chi connectivity index (χ1v) is 9.33. The summed E-state index contributed by atoms with van der Waals surface area (Å²) in [4.78, 5) is 0. The van der Waals surface area contributed by atoms with Crippen molar-refractivity contribution >= 4 is 28.1 Å². The first-order chi connectivity index (χ1) is 12.8. The van der Waals surface area contributed by atoms with Gasteiger partial charge in [0, 0.05) is 35.4 Å². The molecular weight excluding hydrogens is 342 g/mol. The van der Waals surface area contributed by atoms with Gasteiger partial charge in [0.1, 0.15) is 0 Å². The van der Waals surface area contributed by atoms with Crippen LogP contribution < -0.4 is 5.01 Å². The summed E-state index contributed by atoms with van der Waals surface area (Å²) in [6, 6.07) is 22.6. The van der Waals surface area contributed by atoms with Gasteiger partial charge >= 0.3 is 0 Å². The lowest BCUT2D eigenvalue weighted by molar-refractivity contribution is 0.205. The predicted molar refractivity (Wildman–Crippen MR) is 107 cm³/mol. The van der Waals surface area contributed by atoms with Crippen LogP contribution in [0.3, 0.4) is 0 Å². The van der Waals surface area contributed by atoms with Gasteiger partial charge in [0.05, 0.1) is 17.3 Å². The van der Waals surface area contributed by atoms with Crippen molar-refractivity contribution in [3.63, 3.8) is 0 Å². The van der Waals surface area contributed by atoms with E-state index in [0.29, 0.717) is 0 Å². The molecule has 3 nitrogen and oxygen atoms in total. The van der Waals surface area contributed by atoms with Gasteiger partial charge in [-0.15, -0.1) is 0 Å². The number of hydrogen-bond donors (Lipinski definition) is 0. The van der Waals surface area contributed by atoms with Gasteiger partial charge in [0.2, 0.25) is 0 Å². The molecule has 0 bridgehead atoms. The number of nitrogens with zero attached hydrogens (tertiary/aromatic N) is 3. The van der Waals surface area contributed by atoms with Crippen LogP contribution in [-0.2, 0) is 6.54 Å². The summed E-state index contributed by atoms with van der Waals surface area (Å²) in [5, 5.41) is 17.1. The first kappa shape index (κ1) is 16.9. The van der Waals surface area contributed by atoms with Gasteiger partial charge < -0.3 is 5.01 Å². The minimum atomic E-state index is 0.725. The Hall–Kier alpha value is -2.54. The van der Waals surface area contributed by atoms with E-state index in [0.717, 1.165) is 41.0 Å². The summed E-state index contributed by atoms with van der Waals surface area (Å²) in [6.07, 6.45) is 2.35. The number of benzene rings is 3. The van der Waals surface area contributed by atoms with Crippen LogP contribution in [0.5, 0.6) is 0 Å². The molecule has 1 aliphatic rings. The maximum atomic E-state index is 9.42. The highest BCUT2D eigenvalue weighted by Crippen LogP contribution is 2.32. The number of hydrazine groups is 1. The molecule has 0 aliphatic carbocycles. The fourth-order valence-corrected chi connectivity index (χ4v) is 3.92. The van der Waals surface area contributed by atoms with Crippen LogP contribution in [0.15, 0.2) is 60.7 Å². The molecule has 4 rings (SSSR count). The highest BCUT2D eigenvalue weighted by atomic mass is 35.5. The summed E-state index contributed by atoms with van der Waals surface area (Å²) in [7, 11) is 0. The number of halogens is 1. The Morgan fingerprint density at radius 3 is 2.54 bits per heavy atom. The molecule has 0 amide bonds. The van der Waals surface area contributed by atoms with Crippen molar-refractivity contribution < 1.29 is 0 Å². The largest absolute Gasteiger partial charge is 0.305 e. The first-order valence-electron chi connectivity index (χ1n) is 8.95. The van der Waals surface area contributed by atoms with E-state index in [4.69, 9.17) is 11.6 Å². The van der Waals surface area contributed by atoms with Crippen molar-refractivity contribution in [3.05, 3.63) is 76.8 Å². The minimum absolute atomic E-state index is 0.725. The molecular formula is C22H20ClN3. The second-order valence-corrected chi connectivity index (χ2v) is 7.07. The van der Waals surface area contributed by atoms with Crippen molar-refractivity contribution in [3.8, 4) is 6.07 Å². The van der Waals surface area contributed by atoms with Crippen LogP contribution in [0.2, 0.25) is 5.02 Å². The summed E-state index contributed by atoms with van der Waals surface area (Å²) in [6.45, 7) is 2.83. The second-order valence-electron chi connectivity index (χ2n) is 6.64. The highest BCUT2D eigenvalue weighted by molar-refractivity contribution is 6.30. The maximum absolute atomic E-state index is 9.42. The number of rotatable bonds is 3. The Labute approximate surface area is 159 Å². The van der Waals surface area contributed by atoms with Crippen molar-refractivity contribution in [1.29, 1.82) is 5.26 Å². The molecule has 0 unspecified atom stereocenters. The zero-order valence-corrected chi connectivity index (χ0v) is 15.3. The fraction of sp³-hybridized carbons (Fsp3) is 0.227. The van der Waals surface area contributed by atoms with Crippen molar-refractivity contribution in [2.24, 2.45) is 0 Å². The van der Waals surface area contributed by atoms with Gasteiger partial charge in [-0.05, 0) is 42.7 Å². The van der Waals surface area contributed by atoms with E-state index in [1.807, 2.05) is 42.5 Å². The molecule has 1 heterocycles. The summed E-state index contributed by atoms with van der Waals surface area (Å²) >= 11 is 6.16. The van der Waals surface area contributed by atoms with E-state index < -0.39 is 0 Å². The zero-order chi connectivity index (χ0) is 17.9. The van der Waals surface area contributed by atoms with E-state index in [2.05, 4.69) is 34.3 Å². The highest BCUT2D eigenvalue weighted by Gasteiger charge is 2.22. The summed E-state index contributed by atoms with van der Waals surface area (Å²) in [5.41, 5.74) is 3.10. The molecule has 4 heteroatoms. The molecule has 1 aliphatic heterocycles. The van der Waals surface area contributed by atoms with E-state index in [9.17, 15) is 5.26 Å². The Kier molecular flexibility index (Phi) is 4.79. The van der Waals surface area contributed by atoms with Gasteiger partial charge in [-0.25, -0.2) is 5.01 Å². The molecule has 1 saturated heterocycles. The van der Waals surface area contributed by atoms with Crippen LogP contribution in [0.25, 0.3) is 10.8 Å². The molecule has 0 saturated carbocycles. The molecule has 0 aromatic heterocycles. The molecule has 26 heavy (non-hydrogen) atoms. The normalized spacial score (nSPS) is 15.2. The van der Waals surface area contributed by atoms with E-state index in [-0.39, 0.29) is 0 Å². The number of fused-ring (bicyclic) bond motifs is 1. The third-order valence-corrected chi connectivity index (χ3v) is 5.17.